The van der Waals surface area contributed by atoms with E-state index in [0.29, 0.717) is 30.3 Å². The zero-order valence-electron chi connectivity index (χ0n) is 14.0. The second-order valence-corrected chi connectivity index (χ2v) is 5.88. The molecule has 0 bridgehead atoms. The minimum Gasteiger partial charge on any atom is -0.486 e. The van der Waals surface area contributed by atoms with Gasteiger partial charge in [0.05, 0.1) is 0 Å². The summed E-state index contributed by atoms with van der Waals surface area (Å²) in [5.41, 5.74) is 6.35. The summed E-state index contributed by atoms with van der Waals surface area (Å²) in [4.78, 5) is 24.2. The highest BCUT2D eigenvalue weighted by molar-refractivity contribution is 5.96. The Morgan fingerprint density at radius 3 is 2.48 bits per heavy atom. The Hall–Kier alpha value is -3.02. The van der Waals surface area contributed by atoms with E-state index < -0.39 is 5.91 Å². The smallest absolute Gasteiger partial charge is 0.269 e. The molecule has 0 aliphatic carbocycles. The van der Waals surface area contributed by atoms with Crippen LogP contribution in [0.3, 0.4) is 0 Å². The summed E-state index contributed by atoms with van der Waals surface area (Å²) < 4.78 is 10.9. The van der Waals surface area contributed by atoms with E-state index in [1.807, 2.05) is 37.3 Å². The van der Waals surface area contributed by atoms with Crippen molar-refractivity contribution in [2.24, 2.45) is 0 Å². The summed E-state index contributed by atoms with van der Waals surface area (Å²) in [5, 5.41) is 0. The first-order valence-corrected chi connectivity index (χ1v) is 8.17. The van der Waals surface area contributed by atoms with Gasteiger partial charge in [-0.15, -0.1) is 0 Å². The number of fused-ring (bicyclic) bond motifs is 1. The van der Waals surface area contributed by atoms with E-state index in [0.717, 1.165) is 5.56 Å². The molecule has 0 fully saturated rings. The number of carbonyl (C=O) groups excluding carboxylic acids is 2. The number of carbonyl (C=O) groups is 2. The lowest BCUT2D eigenvalue weighted by molar-refractivity contribution is -0.122. The fourth-order valence-electron chi connectivity index (χ4n) is 2.61. The van der Waals surface area contributed by atoms with Crippen molar-refractivity contribution >= 4 is 11.8 Å². The third-order valence-electron chi connectivity index (χ3n) is 3.98. The number of nitrogens with one attached hydrogen (secondary N) is 2. The molecule has 6 heteroatoms. The lowest BCUT2D eigenvalue weighted by atomic mass is 9.98. The third kappa shape index (κ3) is 4.29. The Kier molecular flexibility index (Phi) is 5.18. The molecule has 2 aromatic carbocycles. The number of hydrogen-bond donors (Lipinski definition) is 2. The maximum Gasteiger partial charge on any atom is 0.269 e. The van der Waals surface area contributed by atoms with Crippen molar-refractivity contribution in [2.45, 2.75) is 19.3 Å². The average molecular weight is 340 g/mol. The summed E-state index contributed by atoms with van der Waals surface area (Å²) in [7, 11) is 0. The minimum atomic E-state index is -0.405. The zero-order valence-corrected chi connectivity index (χ0v) is 14.0. The number of amides is 2. The molecule has 2 N–H and O–H groups in total. The number of benzene rings is 2. The molecule has 0 radical (unpaired) electrons. The quantitative estimate of drug-likeness (QED) is 0.838. The molecule has 130 valence electrons. The Bertz CT molecular complexity index is 761. The Morgan fingerprint density at radius 2 is 1.72 bits per heavy atom. The van der Waals surface area contributed by atoms with Crippen LogP contribution in [0.25, 0.3) is 0 Å². The molecule has 0 aromatic heterocycles. The standard InChI is InChI=1S/C19H20N2O4/c1-13(14-5-3-2-4-6-14)11-18(22)20-21-19(23)15-7-8-16-17(12-15)25-10-9-24-16/h2-8,12-13H,9-11H2,1H3,(H,20,22)(H,21,23). The van der Waals surface area contributed by atoms with Gasteiger partial charge in [-0.25, -0.2) is 0 Å². The number of hydrazine groups is 1. The van der Waals surface area contributed by atoms with Gasteiger partial charge in [0.2, 0.25) is 5.91 Å². The maximum atomic E-state index is 12.2. The highest BCUT2D eigenvalue weighted by Gasteiger charge is 2.16. The van der Waals surface area contributed by atoms with Crippen LogP contribution in [0.1, 0.15) is 35.2 Å². The second-order valence-electron chi connectivity index (χ2n) is 5.88. The SMILES string of the molecule is CC(CC(=O)NNC(=O)c1ccc2c(c1)OCCO2)c1ccccc1. The predicted octanol–water partition coefficient (Wildman–Crippen LogP) is 2.41. The maximum absolute atomic E-state index is 12.2. The lowest BCUT2D eigenvalue weighted by Gasteiger charge is -2.18. The van der Waals surface area contributed by atoms with Crippen LogP contribution < -0.4 is 20.3 Å². The highest BCUT2D eigenvalue weighted by atomic mass is 16.6. The van der Waals surface area contributed by atoms with E-state index in [2.05, 4.69) is 10.9 Å². The first-order chi connectivity index (χ1) is 12.1. The van der Waals surface area contributed by atoms with E-state index in [9.17, 15) is 9.59 Å². The summed E-state index contributed by atoms with van der Waals surface area (Å²) >= 11 is 0. The van der Waals surface area contributed by atoms with Crippen LogP contribution >= 0.6 is 0 Å². The third-order valence-corrected chi connectivity index (χ3v) is 3.98. The fourth-order valence-corrected chi connectivity index (χ4v) is 2.61. The van der Waals surface area contributed by atoms with Crippen LogP contribution in [-0.2, 0) is 4.79 Å². The van der Waals surface area contributed by atoms with Crippen LogP contribution in [0, 0.1) is 0 Å². The Labute approximate surface area is 146 Å². The predicted molar refractivity (Wildman–Crippen MR) is 92.5 cm³/mol. The molecule has 1 unspecified atom stereocenters. The van der Waals surface area contributed by atoms with Gasteiger partial charge in [-0.05, 0) is 29.7 Å². The van der Waals surface area contributed by atoms with Gasteiger partial charge in [0.25, 0.3) is 5.91 Å². The fraction of sp³-hybridized carbons (Fsp3) is 0.263. The van der Waals surface area contributed by atoms with Crippen molar-refractivity contribution in [3.05, 3.63) is 59.7 Å². The summed E-state index contributed by atoms with van der Waals surface area (Å²) in [6, 6.07) is 14.7. The van der Waals surface area contributed by atoms with E-state index in [4.69, 9.17) is 9.47 Å². The van der Waals surface area contributed by atoms with Gasteiger partial charge in [0.15, 0.2) is 11.5 Å². The monoisotopic (exact) mass is 340 g/mol. The average Bonchev–Trinajstić information content (AvgIpc) is 2.66. The van der Waals surface area contributed by atoms with Crippen LogP contribution in [0.15, 0.2) is 48.5 Å². The second kappa shape index (κ2) is 7.70. The van der Waals surface area contributed by atoms with Crippen LogP contribution in [0.2, 0.25) is 0 Å². The van der Waals surface area contributed by atoms with Gasteiger partial charge in [0, 0.05) is 12.0 Å². The minimum absolute atomic E-state index is 0.0624. The van der Waals surface area contributed by atoms with Crippen LogP contribution in [0.5, 0.6) is 11.5 Å². The molecule has 1 aliphatic heterocycles. The van der Waals surface area contributed by atoms with Crippen molar-refractivity contribution in [1.29, 1.82) is 0 Å². The van der Waals surface area contributed by atoms with E-state index >= 15 is 0 Å². The Balaban J connectivity index is 1.52. The Morgan fingerprint density at radius 1 is 1.00 bits per heavy atom. The lowest BCUT2D eigenvalue weighted by Crippen LogP contribution is -2.42. The normalized spacial score (nSPS) is 13.6. The molecule has 3 rings (SSSR count). The van der Waals surface area contributed by atoms with Crippen molar-refractivity contribution in [3.8, 4) is 11.5 Å². The molecule has 6 nitrogen and oxygen atoms in total. The van der Waals surface area contributed by atoms with E-state index in [1.54, 1.807) is 18.2 Å². The largest absolute Gasteiger partial charge is 0.486 e. The molecule has 25 heavy (non-hydrogen) atoms. The van der Waals surface area contributed by atoms with Gasteiger partial charge in [0.1, 0.15) is 13.2 Å². The molecule has 2 aromatic rings. The topological polar surface area (TPSA) is 76.7 Å². The summed E-state index contributed by atoms with van der Waals surface area (Å²) in [5.74, 6) is 0.554. The number of rotatable bonds is 4. The number of ether oxygens (including phenoxy) is 2. The first kappa shape index (κ1) is 16.8. The van der Waals surface area contributed by atoms with Crippen molar-refractivity contribution in [3.63, 3.8) is 0 Å². The number of hydrogen-bond acceptors (Lipinski definition) is 4. The van der Waals surface area contributed by atoms with E-state index in [-0.39, 0.29) is 18.2 Å². The van der Waals surface area contributed by atoms with Crippen LogP contribution in [-0.4, -0.2) is 25.0 Å². The van der Waals surface area contributed by atoms with Crippen molar-refractivity contribution in [1.82, 2.24) is 10.9 Å². The highest BCUT2D eigenvalue weighted by Crippen LogP contribution is 2.30. The van der Waals surface area contributed by atoms with E-state index in [1.165, 1.54) is 0 Å². The van der Waals surface area contributed by atoms with Crippen LogP contribution in [0.4, 0.5) is 0 Å². The summed E-state index contributed by atoms with van der Waals surface area (Å²) in [6.45, 7) is 2.91. The van der Waals surface area contributed by atoms with Gasteiger partial charge in [-0.1, -0.05) is 37.3 Å². The van der Waals surface area contributed by atoms with Gasteiger partial charge in [-0.2, -0.15) is 0 Å². The molecule has 0 saturated heterocycles. The molecule has 0 spiro atoms. The molecular formula is C19H20N2O4. The van der Waals surface area contributed by atoms with Crippen molar-refractivity contribution < 1.29 is 19.1 Å². The van der Waals surface area contributed by atoms with Crippen molar-refractivity contribution in [2.75, 3.05) is 13.2 Å². The molecule has 1 atom stereocenters. The molecule has 1 aliphatic rings. The molecular weight excluding hydrogens is 320 g/mol. The first-order valence-electron chi connectivity index (χ1n) is 8.17. The van der Waals surface area contributed by atoms with Gasteiger partial charge >= 0.3 is 0 Å². The summed E-state index contributed by atoms with van der Waals surface area (Å²) in [6.07, 6.45) is 0.283. The molecule has 1 heterocycles. The molecule has 2 amide bonds. The van der Waals surface area contributed by atoms with Gasteiger partial charge in [-0.3, -0.25) is 20.4 Å². The van der Waals surface area contributed by atoms with Gasteiger partial charge < -0.3 is 9.47 Å². The zero-order chi connectivity index (χ0) is 17.6. The molecule has 0 saturated carbocycles.